The van der Waals surface area contributed by atoms with Crippen molar-refractivity contribution in [2.24, 2.45) is 0 Å². The summed E-state index contributed by atoms with van der Waals surface area (Å²) in [4.78, 5) is 27.5. The van der Waals surface area contributed by atoms with E-state index in [9.17, 15) is 14.7 Å². The molecule has 4 rings (SSSR count). The number of halogens is 1. The molecule has 1 unspecified atom stereocenters. The molecule has 1 atom stereocenters. The van der Waals surface area contributed by atoms with E-state index in [1.165, 1.54) is 19.1 Å². The van der Waals surface area contributed by atoms with E-state index in [4.69, 9.17) is 14.2 Å². The van der Waals surface area contributed by atoms with Crippen LogP contribution in [0.25, 0.3) is 5.76 Å². The van der Waals surface area contributed by atoms with Gasteiger partial charge in [0.25, 0.3) is 11.7 Å². The van der Waals surface area contributed by atoms with Crippen molar-refractivity contribution in [2.75, 3.05) is 27.4 Å². The van der Waals surface area contributed by atoms with Gasteiger partial charge in [-0.25, -0.2) is 0 Å². The van der Waals surface area contributed by atoms with Crippen LogP contribution in [-0.2, 0) is 20.9 Å². The molecule has 0 saturated carbocycles. The lowest BCUT2D eigenvalue weighted by Gasteiger charge is -2.25. The van der Waals surface area contributed by atoms with Crippen LogP contribution in [0.5, 0.6) is 11.5 Å². The summed E-state index contributed by atoms with van der Waals surface area (Å²) in [5.74, 6) is -0.461. The molecular formula is C28H26BrNO6. The zero-order valence-electron chi connectivity index (χ0n) is 19.9. The minimum absolute atomic E-state index is 0.0196. The number of rotatable bonds is 9. The number of Topliss-reactive ketones (excluding diaryl/α,β-unsaturated/α-hetero) is 1. The number of ketones is 1. The minimum atomic E-state index is -0.774. The highest BCUT2D eigenvalue weighted by molar-refractivity contribution is 9.10. The number of aliphatic hydroxyl groups is 1. The van der Waals surface area contributed by atoms with Gasteiger partial charge >= 0.3 is 0 Å². The molecule has 186 valence electrons. The van der Waals surface area contributed by atoms with Crippen molar-refractivity contribution in [3.8, 4) is 11.5 Å². The first kappa shape index (κ1) is 25.5. The molecule has 1 heterocycles. The van der Waals surface area contributed by atoms with Gasteiger partial charge in [-0.05, 0) is 57.4 Å². The molecule has 0 bridgehead atoms. The molecule has 3 aromatic rings. The van der Waals surface area contributed by atoms with Gasteiger partial charge in [-0.3, -0.25) is 9.59 Å². The highest BCUT2D eigenvalue weighted by Crippen LogP contribution is 2.40. The summed E-state index contributed by atoms with van der Waals surface area (Å²) in [7, 11) is 3.06. The number of nitrogens with zero attached hydrogens (tertiary/aromatic N) is 1. The van der Waals surface area contributed by atoms with Crippen molar-refractivity contribution in [3.05, 3.63) is 99.5 Å². The van der Waals surface area contributed by atoms with E-state index in [1.54, 1.807) is 42.5 Å². The second-order valence-corrected chi connectivity index (χ2v) is 9.03. The molecule has 1 amide bonds. The SMILES string of the molecule is COCCN1C(=O)C(=O)/C(=C(\O)c2ccc(OC)c(Br)c2)C1c1ccc(OCc2ccccc2)cc1. The summed E-state index contributed by atoms with van der Waals surface area (Å²) in [6, 6.07) is 21.2. The molecule has 3 aromatic carbocycles. The molecule has 1 aliphatic rings. The lowest BCUT2D eigenvalue weighted by molar-refractivity contribution is -0.140. The molecule has 1 saturated heterocycles. The zero-order chi connectivity index (χ0) is 25.7. The van der Waals surface area contributed by atoms with Gasteiger partial charge in [0.15, 0.2) is 0 Å². The van der Waals surface area contributed by atoms with E-state index in [-0.39, 0.29) is 24.5 Å². The Morgan fingerprint density at radius 3 is 2.36 bits per heavy atom. The van der Waals surface area contributed by atoms with Crippen LogP contribution < -0.4 is 9.47 Å². The lowest BCUT2D eigenvalue weighted by Crippen LogP contribution is -2.32. The van der Waals surface area contributed by atoms with Gasteiger partial charge < -0.3 is 24.2 Å². The number of likely N-dealkylation sites (tertiary alicyclic amines) is 1. The average Bonchev–Trinajstić information content (AvgIpc) is 3.16. The number of carbonyl (C=O) groups excluding carboxylic acids is 2. The van der Waals surface area contributed by atoms with Crippen LogP contribution in [-0.4, -0.2) is 49.1 Å². The third-order valence-electron chi connectivity index (χ3n) is 5.95. The predicted molar refractivity (Wildman–Crippen MR) is 139 cm³/mol. The molecular weight excluding hydrogens is 526 g/mol. The normalized spacial score (nSPS) is 16.9. The predicted octanol–water partition coefficient (Wildman–Crippen LogP) is 5.10. The fourth-order valence-electron chi connectivity index (χ4n) is 4.10. The monoisotopic (exact) mass is 551 g/mol. The first-order valence-electron chi connectivity index (χ1n) is 11.3. The molecule has 1 fully saturated rings. The Morgan fingerprint density at radius 1 is 1.00 bits per heavy atom. The first-order chi connectivity index (χ1) is 17.4. The van der Waals surface area contributed by atoms with E-state index < -0.39 is 17.7 Å². The summed E-state index contributed by atoms with van der Waals surface area (Å²) >= 11 is 3.41. The largest absolute Gasteiger partial charge is 0.507 e. The molecule has 7 nitrogen and oxygen atoms in total. The van der Waals surface area contributed by atoms with Crippen LogP contribution in [0.4, 0.5) is 0 Å². The van der Waals surface area contributed by atoms with Gasteiger partial charge in [0.05, 0.1) is 29.8 Å². The first-order valence-corrected chi connectivity index (χ1v) is 12.1. The maximum absolute atomic E-state index is 13.1. The fourth-order valence-corrected chi connectivity index (χ4v) is 4.64. The van der Waals surface area contributed by atoms with E-state index in [1.807, 2.05) is 30.3 Å². The minimum Gasteiger partial charge on any atom is -0.507 e. The van der Waals surface area contributed by atoms with Crippen molar-refractivity contribution in [1.29, 1.82) is 0 Å². The van der Waals surface area contributed by atoms with Crippen LogP contribution in [0.15, 0.2) is 82.8 Å². The second-order valence-electron chi connectivity index (χ2n) is 8.18. The topological polar surface area (TPSA) is 85.3 Å². The van der Waals surface area contributed by atoms with Gasteiger partial charge in [0, 0.05) is 19.2 Å². The van der Waals surface area contributed by atoms with Crippen molar-refractivity contribution in [3.63, 3.8) is 0 Å². The van der Waals surface area contributed by atoms with Crippen molar-refractivity contribution >= 4 is 33.4 Å². The Morgan fingerprint density at radius 2 is 1.72 bits per heavy atom. The summed E-state index contributed by atoms with van der Waals surface area (Å²) in [6.07, 6.45) is 0. The Kier molecular flexibility index (Phi) is 8.07. The van der Waals surface area contributed by atoms with E-state index >= 15 is 0 Å². The molecule has 8 heteroatoms. The van der Waals surface area contributed by atoms with E-state index in [0.717, 1.165) is 5.56 Å². The van der Waals surface area contributed by atoms with Gasteiger partial charge in [0.2, 0.25) is 0 Å². The number of aliphatic hydroxyl groups excluding tert-OH is 1. The van der Waals surface area contributed by atoms with E-state index in [2.05, 4.69) is 15.9 Å². The maximum Gasteiger partial charge on any atom is 0.295 e. The number of amides is 1. The summed E-state index contributed by atoms with van der Waals surface area (Å²) in [5.41, 5.74) is 2.12. The van der Waals surface area contributed by atoms with Gasteiger partial charge in [-0.2, -0.15) is 0 Å². The van der Waals surface area contributed by atoms with Gasteiger partial charge in [0.1, 0.15) is 23.9 Å². The quantitative estimate of drug-likeness (QED) is 0.226. The summed E-state index contributed by atoms with van der Waals surface area (Å²) < 4.78 is 16.9. The van der Waals surface area contributed by atoms with Crippen molar-refractivity contribution < 1.29 is 28.9 Å². The third-order valence-corrected chi connectivity index (χ3v) is 6.57. The van der Waals surface area contributed by atoms with Crippen LogP contribution in [0.1, 0.15) is 22.7 Å². The highest BCUT2D eigenvalue weighted by atomic mass is 79.9. The standard InChI is InChI=1S/C28H26BrNO6/c1-34-15-14-30-25(19-8-11-21(12-9-19)36-17-18-6-4-3-5-7-18)24(27(32)28(30)33)26(31)20-10-13-23(35-2)22(29)16-20/h3-13,16,25,31H,14-15,17H2,1-2H3/b26-24-. The maximum atomic E-state index is 13.1. The lowest BCUT2D eigenvalue weighted by atomic mass is 9.95. The Labute approximate surface area is 218 Å². The molecule has 0 aromatic heterocycles. The number of methoxy groups -OCH3 is 2. The van der Waals surface area contributed by atoms with Crippen LogP contribution in [0, 0.1) is 0 Å². The smallest absolute Gasteiger partial charge is 0.295 e. The second kappa shape index (κ2) is 11.4. The summed E-state index contributed by atoms with van der Waals surface area (Å²) in [6.45, 7) is 0.857. The van der Waals surface area contributed by atoms with Crippen LogP contribution in [0.3, 0.4) is 0 Å². The molecule has 0 radical (unpaired) electrons. The van der Waals surface area contributed by atoms with E-state index in [0.29, 0.717) is 33.7 Å². The molecule has 1 aliphatic heterocycles. The number of ether oxygens (including phenoxy) is 3. The number of hydrogen-bond donors (Lipinski definition) is 1. The summed E-state index contributed by atoms with van der Waals surface area (Å²) in [5, 5.41) is 11.2. The number of hydrogen-bond acceptors (Lipinski definition) is 6. The van der Waals surface area contributed by atoms with Crippen molar-refractivity contribution in [2.45, 2.75) is 12.6 Å². The van der Waals surface area contributed by atoms with Gasteiger partial charge in [-0.1, -0.05) is 42.5 Å². The Bertz CT molecular complexity index is 1270. The van der Waals surface area contributed by atoms with Crippen LogP contribution >= 0.6 is 15.9 Å². The average molecular weight is 552 g/mol. The molecule has 1 N–H and O–H groups in total. The number of carbonyl (C=O) groups is 2. The zero-order valence-corrected chi connectivity index (χ0v) is 21.5. The third kappa shape index (κ3) is 5.29. The number of benzene rings is 3. The molecule has 0 spiro atoms. The van der Waals surface area contributed by atoms with Crippen molar-refractivity contribution in [1.82, 2.24) is 4.90 Å². The van der Waals surface area contributed by atoms with Gasteiger partial charge in [-0.15, -0.1) is 0 Å². The van der Waals surface area contributed by atoms with Crippen LogP contribution in [0.2, 0.25) is 0 Å². The fraction of sp³-hybridized carbons (Fsp3) is 0.214. The highest BCUT2D eigenvalue weighted by Gasteiger charge is 2.45. The molecule has 0 aliphatic carbocycles. The Hall–Kier alpha value is -3.62. The molecule has 36 heavy (non-hydrogen) atoms. The Balaban J connectivity index is 1.69.